The van der Waals surface area contributed by atoms with Crippen LogP contribution in [0.1, 0.15) is 32.1 Å². The lowest BCUT2D eigenvalue weighted by Crippen LogP contribution is -2.25. The Morgan fingerprint density at radius 1 is 1.18 bits per heavy atom. The monoisotopic (exact) mass is 342 g/mol. The quantitative estimate of drug-likeness (QED) is 0.624. The molecule has 2 fully saturated rings. The van der Waals surface area contributed by atoms with Gasteiger partial charge in [-0.3, -0.25) is 0 Å². The van der Waals surface area contributed by atoms with Crippen LogP contribution in [0.2, 0.25) is 0 Å². The topological polar surface area (TPSA) is 29.3 Å². The highest BCUT2D eigenvalue weighted by molar-refractivity contribution is 14.1. The molecule has 0 unspecified atom stereocenters. The van der Waals surface area contributed by atoms with Crippen molar-refractivity contribution in [2.24, 2.45) is 5.41 Å². The van der Waals surface area contributed by atoms with Crippen molar-refractivity contribution < 1.29 is 0 Å². The molecule has 3 heteroatoms. The van der Waals surface area contributed by atoms with Gasteiger partial charge < -0.3 is 10.6 Å². The van der Waals surface area contributed by atoms with Crippen LogP contribution in [-0.4, -0.2) is 13.1 Å². The molecular weight excluding hydrogens is 323 g/mol. The molecule has 1 spiro atoms. The summed E-state index contributed by atoms with van der Waals surface area (Å²) in [5.41, 5.74) is 8.71. The fraction of sp³-hybridized carbons (Fsp3) is 0.571. The molecule has 1 aliphatic heterocycles. The number of hydrogen-bond donors (Lipinski definition) is 1. The van der Waals surface area contributed by atoms with Crippen molar-refractivity contribution in [3.63, 3.8) is 0 Å². The van der Waals surface area contributed by atoms with Gasteiger partial charge >= 0.3 is 0 Å². The molecule has 1 aliphatic carbocycles. The number of benzene rings is 1. The third-order valence-electron chi connectivity index (χ3n) is 4.41. The molecule has 0 aromatic heterocycles. The van der Waals surface area contributed by atoms with E-state index in [1.54, 1.807) is 0 Å². The summed E-state index contributed by atoms with van der Waals surface area (Å²) in [5, 5.41) is 0. The van der Waals surface area contributed by atoms with Crippen molar-refractivity contribution in [2.45, 2.75) is 32.1 Å². The zero-order valence-electron chi connectivity index (χ0n) is 10.1. The summed E-state index contributed by atoms with van der Waals surface area (Å²) in [6.45, 7) is 2.48. The molecule has 1 heterocycles. The predicted molar refractivity (Wildman–Crippen MR) is 81.3 cm³/mol. The number of nitrogen functional groups attached to an aromatic ring is 1. The molecule has 92 valence electrons. The van der Waals surface area contributed by atoms with E-state index in [9.17, 15) is 0 Å². The molecule has 0 radical (unpaired) electrons. The number of rotatable bonds is 1. The standard InChI is InChI=1S/C14H19IN2/c15-12-9-11(16)3-4-13(12)17-8-7-14(10-17)5-1-2-6-14/h3-4,9H,1-2,5-8,10,16H2. The Bertz CT molecular complexity index is 424. The van der Waals surface area contributed by atoms with Gasteiger partial charge in [0, 0.05) is 22.3 Å². The van der Waals surface area contributed by atoms with Crippen LogP contribution in [0.4, 0.5) is 11.4 Å². The predicted octanol–water partition coefficient (Wildman–Crippen LogP) is 3.64. The molecular formula is C14H19IN2. The molecule has 0 bridgehead atoms. The van der Waals surface area contributed by atoms with Gasteiger partial charge in [-0.2, -0.15) is 0 Å². The average Bonchev–Trinajstić information content (AvgIpc) is 2.90. The van der Waals surface area contributed by atoms with Gasteiger partial charge in [0.25, 0.3) is 0 Å². The minimum atomic E-state index is 0.643. The lowest BCUT2D eigenvalue weighted by molar-refractivity contribution is 0.341. The first-order valence-electron chi connectivity index (χ1n) is 6.49. The number of hydrogen-bond acceptors (Lipinski definition) is 2. The molecule has 2 N–H and O–H groups in total. The Kier molecular flexibility index (Phi) is 2.97. The first kappa shape index (κ1) is 11.6. The van der Waals surface area contributed by atoms with Crippen LogP contribution in [0.15, 0.2) is 18.2 Å². The SMILES string of the molecule is Nc1ccc(N2CCC3(CCCC3)C2)c(I)c1. The second-order valence-electron chi connectivity index (χ2n) is 5.59. The minimum absolute atomic E-state index is 0.643. The Morgan fingerprint density at radius 2 is 1.94 bits per heavy atom. The maximum atomic E-state index is 5.82. The van der Waals surface area contributed by atoms with Gasteiger partial charge in [-0.15, -0.1) is 0 Å². The lowest BCUT2D eigenvalue weighted by Gasteiger charge is -2.25. The Labute approximate surface area is 117 Å². The van der Waals surface area contributed by atoms with Gasteiger partial charge in [-0.1, -0.05) is 12.8 Å². The zero-order chi connectivity index (χ0) is 11.9. The lowest BCUT2D eigenvalue weighted by atomic mass is 9.86. The highest BCUT2D eigenvalue weighted by atomic mass is 127. The van der Waals surface area contributed by atoms with E-state index in [2.05, 4.69) is 39.6 Å². The van der Waals surface area contributed by atoms with Crippen LogP contribution >= 0.6 is 22.6 Å². The summed E-state index contributed by atoms with van der Waals surface area (Å²) in [6, 6.07) is 6.29. The molecule has 1 saturated heterocycles. The van der Waals surface area contributed by atoms with Gasteiger partial charge in [0.2, 0.25) is 0 Å². The fourth-order valence-electron chi connectivity index (χ4n) is 3.45. The third kappa shape index (κ3) is 2.14. The van der Waals surface area contributed by atoms with Crippen LogP contribution in [0.25, 0.3) is 0 Å². The van der Waals surface area contributed by atoms with Crippen molar-refractivity contribution in [2.75, 3.05) is 23.7 Å². The summed E-state index contributed by atoms with van der Waals surface area (Å²) in [6.07, 6.45) is 7.14. The summed E-state index contributed by atoms with van der Waals surface area (Å²) in [5.74, 6) is 0. The third-order valence-corrected chi connectivity index (χ3v) is 5.28. The number of nitrogens with zero attached hydrogens (tertiary/aromatic N) is 1. The van der Waals surface area contributed by atoms with E-state index in [1.807, 2.05) is 6.07 Å². The maximum absolute atomic E-state index is 5.82. The molecule has 3 rings (SSSR count). The molecule has 1 aromatic carbocycles. The van der Waals surface area contributed by atoms with Gasteiger partial charge in [0.05, 0.1) is 5.69 Å². The summed E-state index contributed by atoms with van der Waals surface area (Å²) >= 11 is 2.41. The molecule has 1 saturated carbocycles. The van der Waals surface area contributed by atoms with Crippen molar-refractivity contribution in [1.82, 2.24) is 0 Å². The zero-order valence-corrected chi connectivity index (χ0v) is 12.2. The van der Waals surface area contributed by atoms with Crippen molar-refractivity contribution >= 4 is 34.0 Å². The largest absolute Gasteiger partial charge is 0.399 e. The molecule has 0 atom stereocenters. The summed E-state index contributed by atoms with van der Waals surface area (Å²) < 4.78 is 1.29. The molecule has 2 nitrogen and oxygen atoms in total. The number of anilines is 2. The van der Waals surface area contributed by atoms with E-state index < -0.39 is 0 Å². The highest BCUT2D eigenvalue weighted by Gasteiger charge is 2.40. The maximum Gasteiger partial charge on any atom is 0.0503 e. The molecule has 1 aromatic rings. The van der Waals surface area contributed by atoms with E-state index in [4.69, 9.17) is 5.73 Å². The smallest absolute Gasteiger partial charge is 0.0503 e. The minimum Gasteiger partial charge on any atom is -0.399 e. The Hall–Kier alpha value is -0.450. The van der Waals surface area contributed by atoms with Gasteiger partial charge in [0.1, 0.15) is 0 Å². The Balaban J connectivity index is 1.82. The van der Waals surface area contributed by atoms with E-state index in [0.29, 0.717) is 5.41 Å². The van der Waals surface area contributed by atoms with Gasteiger partial charge in [0.15, 0.2) is 0 Å². The molecule has 0 amide bonds. The van der Waals surface area contributed by atoms with Crippen LogP contribution in [-0.2, 0) is 0 Å². The number of nitrogens with two attached hydrogens (primary N) is 1. The van der Waals surface area contributed by atoms with Crippen molar-refractivity contribution in [3.8, 4) is 0 Å². The average molecular weight is 342 g/mol. The van der Waals surface area contributed by atoms with Gasteiger partial charge in [-0.25, -0.2) is 0 Å². The number of halogens is 1. The van der Waals surface area contributed by atoms with Crippen molar-refractivity contribution in [1.29, 1.82) is 0 Å². The first-order chi connectivity index (χ1) is 8.19. The van der Waals surface area contributed by atoms with Crippen LogP contribution in [0.3, 0.4) is 0 Å². The second kappa shape index (κ2) is 4.34. The van der Waals surface area contributed by atoms with E-state index >= 15 is 0 Å². The highest BCUT2D eigenvalue weighted by Crippen LogP contribution is 2.46. The van der Waals surface area contributed by atoms with E-state index in [1.165, 1.54) is 54.5 Å². The van der Waals surface area contributed by atoms with Crippen molar-refractivity contribution in [3.05, 3.63) is 21.8 Å². The van der Waals surface area contributed by atoms with Crippen LogP contribution in [0.5, 0.6) is 0 Å². The van der Waals surface area contributed by atoms with E-state index in [-0.39, 0.29) is 0 Å². The normalized spacial score (nSPS) is 22.5. The fourth-order valence-corrected chi connectivity index (χ4v) is 4.33. The van der Waals surface area contributed by atoms with Gasteiger partial charge in [-0.05, 0) is 65.5 Å². The second-order valence-corrected chi connectivity index (χ2v) is 6.75. The van der Waals surface area contributed by atoms with Crippen LogP contribution in [0, 0.1) is 8.99 Å². The summed E-state index contributed by atoms with van der Waals surface area (Å²) in [7, 11) is 0. The van der Waals surface area contributed by atoms with E-state index in [0.717, 1.165) is 5.69 Å². The molecule has 2 aliphatic rings. The molecule has 17 heavy (non-hydrogen) atoms. The Morgan fingerprint density at radius 3 is 2.65 bits per heavy atom. The summed E-state index contributed by atoms with van der Waals surface area (Å²) in [4.78, 5) is 2.56. The first-order valence-corrected chi connectivity index (χ1v) is 7.56. The van der Waals surface area contributed by atoms with Crippen LogP contribution < -0.4 is 10.6 Å².